The number of morpholine rings is 1. The Balaban J connectivity index is 1.62. The van der Waals surface area contributed by atoms with E-state index in [0.29, 0.717) is 5.56 Å². The summed E-state index contributed by atoms with van der Waals surface area (Å²) in [6.07, 6.45) is 0. The second-order valence-electron chi connectivity index (χ2n) is 6.57. The highest BCUT2D eigenvalue weighted by molar-refractivity contribution is 6.04. The molecule has 4 heteroatoms. The van der Waals surface area contributed by atoms with Crippen molar-refractivity contribution in [3.63, 3.8) is 0 Å². The van der Waals surface area contributed by atoms with Crippen LogP contribution in [0.5, 0.6) is 0 Å². The molecular formula is C20H25N2O2+. The zero-order valence-corrected chi connectivity index (χ0v) is 14.4. The van der Waals surface area contributed by atoms with Crippen LogP contribution in [0.4, 0.5) is 5.69 Å². The fourth-order valence-electron chi connectivity index (χ4n) is 3.15. The topological polar surface area (TPSA) is 42.8 Å². The summed E-state index contributed by atoms with van der Waals surface area (Å²) in [5.74, 6) is -0.0646. The molecule has 0 bridgehead atoms. The third-order valence-electron chi connectivity index (χ3n) is 4.35. The van der Waals surface area contributed by atoms with Crippen molar-refractivity contribution in [3.8, 4) is 0 Å². The molecule has 4 nitrogen and oxygen atoms in total. The molecule has 1 amide bonds. The molecule has 0 radical (unpaired) electrons. The molecule has 2 N–H and O–H groups in total. The molecule has 0 aliphatic carbocycles. The molecule has 0 aromatic heterocycles. The number of ether oxygens (including phenoxy) is 1. The van der Waals surface area contributed by atoms with Crippen molar-refractivity contribution >= 4 is 11.6 Å². The van der Waals surface area contributed by atoms with Crippen LogP contribution < -0.4 is 10.2 Å². The molecule has 1 aliphatic heterocycles. The zero-order valence-electron chi connectivity index (χ0n) is 14.4. The van der Waals surface area contributed by atoms with E-state index in [1.54, 1.807) is 0 Å². The van der Waals surface area contributed by atoms with E-state index in [0.717, 1.165) is 49.7 Å². The maximum Gasteiger partial charge on any atom is 0.255 e. The van der Waals surface area contributed by atoms with Gasteiger partial charge in [-0.3, -0.25) is 4.79 Å². The third-order valence-corrected chi connectivity index (χ3v) is 4.35. The lowest BCUT2D eigenvalue weighted by Gasteiger charge is -2.23. The maximum absolute atomic E-state index is 12.4. The fraction of sp³-hybridized carbons (Fsp3) is 0.350. The van der Waals surface area contributed by atoms with Gasteiger partial charge in [-0.05, 0) is 49.2 Å². The highest BCUT2D eigenvalue weighted by Gasteiger charge is 2.14. The summed E-state index contributed by atoms with van der Waals surface area (Å²) in [7, 11) is 0. The average molecular weight is 325 g/mol. The second-order valence-corrected chi connectivity index (χ2v) is 6.57. The quantitative estimate of drug-likeness (QED) is 0.902. The molecule has 3 rings (SSSR count). The normalized spacial score (nSPS) is 15.2. The van der Waals surface area contributed by atoms with Crippen LogP contribution in [0.15, 0.2) is 42.5 Å². The number of nitrogens with one attached hydrogen (secondary N) is 2. The van der Waals surface area contributed by atoms with Crippen molar-refractivity contribution in [2.75, 3.05) is 31.6 Å². The average Bonchev–Trinajstić information content (AvgIpc) is 2.55. The standard InChI is InChI=1S/C20H24N2O2/c1-15-11-16(2)13-19(12-15)21-20(23)18-5-3-17(4-6-18)14-22-7-9-24-10-8-22/h3-6,11-13H,7-10,14H2,1-2H3,(H,21,23)/p+1. The number of amides is 1. The smallest absolute Gasteiger partial charge is 0.255 e. The molecule has 2 aromatic rings. The Morgan fingerprint density at radius 2 is 1.67 bits per heavy atom. The molecular weight excluding hydrogens is 300 g/mol. The van der Waals surface area contributed by atoms with Crippen LogP contribution in [-0.2, 0) is 11.3 Å². The summed E-state index contributed by atoms with van der Waals surface area (Å²) >= 11 is 0. The van der Waals surface area contributed by atoms with Crippen molar-refractivity contribution in [1.29, 1.82) is 0 Å². The van der Waals surface area contributed by atoms with Gasteiger partial charge in [0.25, 0.3) is 5.91 Å². The van der Waals surface area contributed by atoms with Crippen molar-refractivity contribution in [2.45, 2.75) is 20.4 Å². The number of hydrogen-bond acceptors (Lipinski definition) is 2. The molecule has 126 valence electrons. The minimum absolute atomic E-state index is 0.0646. The molecule has 2 aromatic carbocycles. The Bertz CT molecular complexity index is 684. The summed E-state index contributed by atoms with van der Waals surface area (Å²) in [5.41, 5.74) is 5.09. The van der Waals surface area contributed by atoms with Crippen LogP contribution >= 0.6 is 0 Å². The van der Waals surface area contributed by atoms with Gasteiger partial charge in [0.2, 0.25) is 0 Å². The van der Waals surface area contributed by atoms with E-state index in [9.17, 15) is 4.79 Å². The number of benzene rings is 2. The van der Waals surface area contributed by atoms with Crippen LogP contribution in [-0.4, -0.2) is 32.2 Å². The Morgan fingerprint density at radius 1 is 1.04 bits per heavy atom. The second kappa shape index (κ2) is 7.60. The van der Waals surface area contributed by atoms with Crippen LogP contribution in [0, 0.1) is 13.8 Å². The Morgan fingerprint density at radius 3 is 2.29 bits per heavy atom. The minimum atomic E-state index is -0.0646. The third kappa shape index (κ3) is 4.43. The van der Waals surface area contributed by atoms with Gasteiger partial charge in [-0.1, -0.05) is 18.2 Å². The van der Waals surface area contributed by atoms with E-state index in [1.807, 2.05) is 38.1 Å². The molecule has 1 heterocycles. The summed E-state index contributed by atoms with van der Waals surface area (Å²) in [6, 6.07) is 14.0. The van der Waals surface area contributed by atoms with Gasteiger partial charge in [0.05, 0.1) is 13.2 Å². The number of rotatable bonds is 4. The summed E-state index contributed by atoms with van der Waals surface area (Å²) in [5, 5.41) is 2.98. The van der Waals surface area contributed by atoms with Crippen molar-refractivity contribution in [3.05, 3.63) is 64.7 Å². The lowest BCUT2D eigenvalue weighted by atomic mass is 10.1. The molecule has 0 saturated carbocycles. The van der Waals surface area contributed by atoms with Crippen LogP contribution in [0.2, 0.25) is 0 Å². The molecule has 1 fully saturated rings. The number of carbonyl (C=O) groups is 1. The van der Waals surface area contributed by atoms with E-state index in [1.165, 1.54) is 10.5 Å². The van der Waals surface area contributed by atoms with Gasteiger partial charge in [-0.15, -0.1) is 0 Å². The van der Waals surface area contributed by atoms with Crippen LogP contribution in [0.25, 0.3) is 0 Å². The van der Waals surface area contributed by atoms with E-state index in [2.05, 4.69) is 23.5 Å². The lowest BCUT2D eigenvalue weighted by Crippen LogP contribution is -3.12. The zero-order chi connectivity index (χ0) is 16.9. The highest BCUT2D eigenvalue weighted by Crippen LogP contribution is 2.15. The molecule has 0 unspecified atom stereocenters. The number of anilines is 1. The monoisotopic (exact) mass is 325 g/mol. The largest absolute Gasteiger partial charge is 0.370 e. The maximum atomic E-state index is 12.4. The van der Waals surface area contributed by atoms with Crippen molar-refractivity contribution < 1.29 is 14.4 Å². The first-order chi connectivity index (χ1) is 11.6. The number of hydrogen-bond donors (Lipinski definition) is 2. The first-order valence-electron chi connectivity index (χ1n) is 8.50. The molecule has 1 saturated heterocycles. The molecule has 24 heavy (non-hydrogen) atoms. The van der Waals surface area contributed by atoms with Crippen LogP contribution in [0.1, 0.15) is 27.0 Å². The lowest BCUT2D eigenvalue weighted by molar-refractivity contribution is -0.921. The fourth-order valence-corrected chi connectivity index (χ4v) is 3.15. The number of carbonyl (C=O) groups excluding carboxylic acids is 1. The van der Waals surface area contributed by atoms with Gasteiger partial charge in [0.1, 0.15) is 19.6 Å². The van der Waals surface area contributed by atoms with E-state index >= 15 is 0 Å². The SMILES string of the molecule is Cc1cc(C)cc(NC(=O)c2ccc(C[NH+]3CCOCC3)cc2)c1. The van der Waals surface area contributed by atoms with Gasteiger partial charge in [-0.25, -0.2) is 0 Å². The Hall–Kier alpha value is -2.17. The van der Waals surface area contributed by atoms with Gasteiger partial charge < -0.3 is 15.0 Å². The van der Waals surface area contributed by atoms with E-state index in [4.69, 9.17) is 4.74 Å². The first-order valence-corrected chi connectivity index (χ1v) is 8.50. The Labute approximate surface area is 143 Å². The summed E-state index contributed by atoms with van der Waals surface area (Å²) < 4.78 is 5.39. The van der Waals surface area contributed by atoms with Crippen molar-refractivity contribution in [2.24, 2.45) is 0 Å². The Kier molecular flexibility index (Phi) is 5.28. The van der Waals surface area contributed by atoms with Gasteiger partial charge >= 0.3 is 0 Å². The first kappa shape index (κ1) is 16.7. The summed E-state index contributed by atoms with van der Waals surface area (Å²) in [4.78, 5) is 13.9. The molecule has 1 aliphatic rings. The predicted octanol–water partition coefficient (Wildman–Crippen LogP) is 1.97. The minimum Gasteiger partial charge on any atom is -0.370 e. The molecule has 0 atom stereocenters. The van der Waals surface area contributed by atoms with E-state index in [-0.39, 0.29) is 5.91 Å². The number of quaternary nitrogens is 1. The van der Waals surface area contributed by atoms with Gasteiger partial charge in [0.15, 0.2) is 0 Å². The highest BCUT2D eigenvalue weighted by atomic mass is 16.5. The van der Waals surface area contributed by atoms with Gasteiger partial charge in [-0.2, -0.15) is 0 Å². The predicted molar refractivity (Wildman–Crippen MR) is 95.5 cm³/mol. The van der Waals surface area contributed by atoms with Crippen molar-refractivity contribution in [1.82, 2.24) is 0 Å². The van der Waals surface area contributed by atoms with E-state index < -0.39 is 0 Å². The van der Waals surface area contributed by atoms with Gasteiger partial charge in [0, 0.05) is 16.8 Å². The molecule has 0 spiro atoms. The van der Waals surface area contributed by atoms with Crippen LogP contribution in [0.3, 0.4) is 0 Å². The summed E-state index contributed by atoms with van der Waals surface area (Å²) in [6.45, 7) is 8.83. The number of aryl methyl sites for hydroxylation is 2.